The molecule has 1 unspecified atom stereocenters. The fraction of sp³-hybridized carbons (Fsp3) is 0.300. The first-order valence-corrected chi connectivity index (χ1v) is 12.4. The monoisotopic (exact) mass is 449 g/mol. The van der Waals surface area contributed by atoms with Gasteiger partial charge in [-0.05, 0) is 48.9 Å². The van der Waals surface area contributed by atoms with Gasteiger partial charge in [0, 0.05) is 35.8 Å². The zero-order valence-corrected chi connectivity index (χ0v) is 19.7. The maximum absolute atomic E-state index is 14.0. The summed E-state index contributed by atoms with van der Waals surface area (Å²) in [6, 6.07) is 22.3. The van der Waals surface area contributed by atoms with Gasteiger partial charge in [0.1, 0.15) is 0 Å². The van der Waals surface area contributed by atoms with Crippen molar-refractivity contribution in [1.82, 2.24) is 15.3 Å². The smallest absolute Gasteiger partial charge is 0.252 e. The van der Waals surface area contributed by atoms with Gasteiger partial charge in [0.25, 0.3) is 5.91 Å². The Morgan fingerprint density at radius 2 is 1.74 bits per heavy atom. The Morgan fingerprint density at radius 1 is 0.971 bits per heavy atom. The Labute approximate surface area is 201 Å². The number of carbonyl (C=O) groups excluding carboxylic acids is 1. The van der Waals surface area contributed by atoms with Crippen molar-refractivity contribution in [2.75, 3.05) is 0 Å². The fourth-order valence-electron chi connectivity index (χ4n) is 5.26. The number of carbonyl (C=O) groups is 1. The number of rotatable bonds is 6. The maximum Gasteiger partial charge on any atom is 0.252 e. The summed E-state index contributed by atoms with van der Waals surface area (Å²) in [5.41, 5.74) is 5.46. The lowest BCUT2D eigenvalue weighted by atomic mass is 9.84. The average Bonchev–Trinajstić information content (AvgIpc) is 2.89. The van der Waals surface area contributed by atoms with Gasteiger partial charge in [-0.1, -0.05) is 73.9 Å². The Balaban J connectivity index is 1.64. The normalized spacial score (nSPS) is 15.2. The number of fused-ring (bicyclic) bond motifs is 1. The summed E-state index contributed by atoms with van der Waals surface area (Å²) in [6.45, 7) is 2.16. The van der Waals surface area contributed by atoms with Gasteiger partial charge in [-0.25, -0.2) is 4.98 Å². The van der Waals surface area contributed by atoms with Crippen LogP contribution in [0.5, 0.6) is 0 Å². The number of benzene rings is 2. The van der Waals surface area contributed by atoms with E-state index in [1.165, 1.54) is 32.1 Å². The highest BCUT2D eigenvalue weighted by atomic mass is 16.1. The van der Waals surface area contributed by atoms with Crippen LogP contribution >= 0.6 is 0 Å². The van der Waals surface area contributed by atoms with Crippen LogP contribution in [0.25, 0.3) is 22.2 Å². The van der Waals surface area contributed by atoms with E-state index in [4.69, 9.17) is 4.98 Å². The van der Waals surface area contributed by atoms with Crippen molar-refractivity contribution in [1.29, 1.82) is 0 Å². The van der Waals surface area contributed by atoms with Crippen LogP contribution in [-0.2, 0) is 6.42 Å². The van der Waals surface area contributed by atoms with Gasteiger partial charge in [-0.15, -0.1) is 0 Å². The molecule has 0 spiro atoms. The minimum absolute atomic E-state index is 0.00672. The lowest BCUT2D eigenvalue weighted by Crippen LogP contribution is -2.39. The second kappa shape index (κ2) is 10.2. The lowest BCUT2D eigenvalue weighted by molar-refractivity contribution is 0.0920. The average molecular weight is 450 g/mol. The molecule has 1 amide bonds. The zero-order valence-electron chi connectivity index (χ0n) is 19.7. The predicted octanol–water partition coefficient (Wildman–Crippen LogP) is 6.59. The van der Waals surface area contributed by atoms with E-state index in [1.54, 1.807) is 6.20 Å². The van der Waals surface area contributed by atoms with E-state index >= 15 is 0 Å². The molecule has 2 aromatic carbocycles. The van der Waals surface area contributed by atoms with Crippen molar-refractivity contribution in [2.45, 2.75) is 51.5 Å². The van der Waals surface area contributed by atoms with Crippen molar-refractivity contribution >= 4 is 16.8 Å². The van der Waals surface area contributed by atoms with E-state index in [0.29, 0.717) is 12.3 Å². The van der Waals surface area contributed by atoms with Gasteiger partial charge in [0.05, 0.1) is 16.8 Å². The summed E-state index contributed by atoms with van der Waals surface area (Å²) in [5, 5.41) is 4.28. The Bertz CT molecular complexity index is 1260. The van der Waals surface area contributed by atoms with Crippen molar-refractivity contribution in [3.05, 3.63) is 95.8 Å². The van der Waals surface area contributed by atoms with E-state index in [0.717, 1.165) is 38.9 Å². The highest BCUT2D eigenvalue weighted by Gasteiger charge is 2.26. The van der Waals surface area contributed by atoms with Gasteiger partial charge >= 0.3 is 0 Å². The predicted molar refractivity (Wildman–Crippen MR) is 138 cm³/mol. The number of hydrogen-bond acceptors (Lipinski definition) is 3. The first-order chi connectivity index (χ1) is 16.7. The van der Waals surface area contributed by atoms with Crippen LogP contribution in [0.2, 0.25) is 0 Å². The molecule has 0 aliphatic heterocycles. The molecule has 4 aromatic rings. The summed E-state index contributed by atoms with van der Waals surface area (Å²) in [7, 11) is 0. The SMILES string of the molecule is CC(NC(=O)c1c(Cc2cccnc2)c(-c2ccccc2)nc2ccccc12)C1CCCCC1. The summed E-state index contributed by atoms with van der Waals surface area (Å²) in [4.78, 5) is 23.3. The first-order valence-electron chi connectivity index (χ1n) is 12.4. The van der Waals surface area contributed by atoms with Crippen molar-refractivity contribution < 1.29 is 4.79 Å². The summed E-state index contributed by atoms with van der Waals surface area (Å²) < 4.78 is 0. The lowest BCUT2D eigenvalue weighted by Gasteiger charge is -2.29. The van der Waals surface area contributed by atoms with Crippen molar-refractivity contribution in [2.24, 2.45) is 5.92 Å². The number of aromatic nitrogens is 2. The Morgan fingerprint density at radius 3 is 2.50 bits per heavy atom. The molecule has 2 heterocycles. The second-order valence-electron chi connectivity index (χ2n) is 9.40. The largest absolute Gasteiger partial charge is 0.349 e. The Kier molecular flexibility index (Phi) is 6.66. The molecular formula is C30H31N3O. The van der Waals surface area contributed by atoms with Crippen molar-refractivity contribution in [3.8, 4) is 11.3 Å². The third-order valence-electron chi connectivity index (χ3n) is 7.09. The van der Waals surface area contributed by atoms with Gasteiger partial charge in [-0.2, -0.15) is 0 Å². The molecule has 1 aliphatic rings. The summed E-state index contributed by atoms with van der Waals surface area (Å²) in [5.74, 6) is 0.536. The van der Waals surface area contributed by atoms with E-state index in [1.807, 2.05) is 54.7 Å². The van der Waals surface area contributed by atoms with Gasteiger partial charge in [-0.3, -0.25) is 9.78 Å². The number of nitrogens with one attached hydrogen (secondary N) is 1. The minimum atomic E-state index is -0.00672. The molecule has 172 valence electrons. The van der Waals surface area contributed by atoms with Crippen molar-refractivity contribution in [3.63, 3.8) is 0 Å². The van der Waals surface area contributed by atoms with Crippen LogP contribution < -0.4 is 5.32 Å². The van der Waals surface area contributed by atoms with Gasteiger partial charge in [0.15, 0.2) is 0 Å². The molecule has 4 heteroatoms. The Hall–Kier alpha value is -3.53. The molecule has 5 rings (SSSR count). The molecular weight excluding hydrogens is 418 g/mol. The number of amides is 1. The topological polar surface area (TPSA) is 54.9 Å². The second-order valence-corrected chi connectivity index (χ2v) is 9.40. The van der Waals surface area contributed by atoms with E-state index in [-0.39, 0.29) is 11.9 Å². The fourth-order valence-corrected chi connectivity index (χ4v) is 5.26. The van der Waals surface area contributed by atoms with Crippen LogP contribution in [0.3, 0.4) is 0 Å². The van der Waals surface area contributed by atoms with E-state index < -0.39 is 0 Å². The minimum Gasteiger partial charge on any atom is -0.349 e. The number of nitrogens with zero attached hydrogens (tertiary/aromatic N) is 2. The quantitative estimate of drug-likeness (QED) is 0.361. The van der Waals surface area contributed by atoms with Crippen LogP contribution in [-0.4, -0.2) is 21.9 Å². The number of pyridine rings is 2. The number of para-hydroxylation sites is 1. The highest BCUT2D eigenvalue weighted by Crippen LogP contribution is 2.33. The zero-order chi connectivity index (χ0) is 23.3. The number of hydrogen-bond donors (Lipinski definition) is 1. The highest BCUT2D eigenvalue weighted by molar-refractivity contribution is 6.09. The van der Waals surface area contributed by atoms with Gasteiger partial charge < -0.3 is 5.32 Å². The molecule has 1 aliphatic carbocycles. The van der Waals surface area contributed by atoms with E-state index in [2.05, 4.69) is 35.4 Å². The summed E-state index contributed by atoms with van der Waals surface area (Å²) >= 11 is 0. The van der Waals surface area contributed by atoms with Crippen LogP contribution in [0.4, 0.5) is 0 Å². The molecule has 1 atom stereocenters. The molecule has 1 saturated carbocycles. The molecule has 2 aromatic heterocycles. The maximum atomic E-state index is 14.0. The molecule has 1 fully saturated rings. The first kappa shape index (κ1) is 22.3. The summed E-state index contributed by atoms with van der Waals surface area (Å²) in [6.07, 6.45) is 10.4. The molecule has 0 bridgehead atoms. The van der Waals surface area contributed by atoms with Crippen LogP contribution in [0.15, 0.2) is 79.1 Å². The standard InChI is InChI=1S/C30H31N3O/c1-21(23-12-4-2-5-13-23)32-30(34)28-25-16-8-9-17-27(25)33-29(24-14-6-3-7-15-24)26(28)19-22-11-10-18-31-20-22/h3,6-11,14-18,20-21,23H,2,4-5,12-13,19H2,1H3,(H,32,34). The molecule has 0 radical (unpaired) electrons. The van der Waals surface area contributed by atoms with Crippen LogP contribution in [0.1, 0.15) is 60.5 Å². The molecule has 0 saturated heterocycles. The molecule has 34 heavy (non-hydrogen) atoms. The third kappa shape index (κ3) is 4.72. The van der Waals surface area contributed by atoms with E-state index in [9.17, 15) is 4.79 Å². The molecule has 4 nitrogen and oxygen atoms in total. The molecule has 1 N–H and O–H groups in total. The third-order valence-corrected chi connectivity index (χ3v) is 7.09. The van der Waals surface area contributed by atoms with Gasteiger partial charge in [0.2, 0.25) is 0 Å². The van der Waals surface area contributed by atoms with Crippen LogP contribution in [0, 0.1) is 5.92 Å².